The minimum atomic E-state index is -1.85. The molecule has 3 aromatic rings. The number of hydrogen-bond acceptors (Lipinski definition) is 21. The number of amides is 16. The molecule has 1 aliphatic heterocycles. The van der Waals surface area contributed by atoms with E-state index in [-0.39, 0.29) is 88.0 Å². The number of carbonyl (C=O) groups excluding carboxylic acids is 16. The number of carboxylic acid groups (broad SMARTS) is 1. The number of primary amides is 2. The maximum absolute atomic E-state index is 14.5. The molecule has 620 valence electrons. The minimum absolute atomic E-state index is 0.00529. The SMILES string of the molecule is CC(=O)O.CSCC[C@H](NC(=O)[C@H](CC(C)C)NC(=O)[C@H](Cc1cnc[nH]1)NC(=O)CNC(=O)[C@@H](NC(=O)[C@H](C)NC(=O)[C@H](Cc1c[nH]c2ccccc12)NC(=O)[C@H](CCC(N)=O)NC(=O)[C@@H](NC(=O)CNC(=O)[C@H](CC(C)C)NC(=O)[C@H](CCCN=C(N)N)NC(=O)CNC(=O)[C@@H]1CCC(=O)N1)[C@@H](C)O)C(C)C)C(N)=O. The molecule has 16 amide bonds. The average Bonchev–Trinajstić information content (AvgIpc) is 1.67. The number of aliphatic hydroxyl groups excluding tert-OH is 1. The van der Waals surface area contributed by atoms with E-state index in [1.165, 1.54) is 31.2 Å². The number of aromatic nitrogens is 3. The lowest BCUT2D eigenvalue weighted by molar-refractivity contribution is -0.136. The van der Waals surface area contributed by atoms with E-state index in [2.05, 4.69) is 94.4 Å². The van der Waals surface area contributed by atoms with E-state index in [1.54, 1.807) is 58.2 Å². The highest BCUT2D eigenvalue weighted by Gasteiger charge is 2.37. The Balaban J connectivity index is 0.00000792. The second-order valence-electron chi connectivity index (χ2n) is 27.9. The van der Waals surface area contributed by atoms with E-state index >= 15 is 0 Å². The van der Waals surface area contributed by atoms with Gasteiger partial charge in [-0.05, 0) is 100 Å². The average molecular weight is 1600 g/mol. The number of nitrogens with two attached hydrogens (primary N) is 4. The molecule has 12 atom stereocenters. The fraction of sp³-hybridized carbons (Fsp3) is 0.586. The van der Waals surface area contributed by atoms with Crippen LogP contribution in [0.15, 0.2) is 48.0 Å². The molecule has 1 saturated heterocycles. The van der Waals surface area contributed by atoms with Crippen molar-refractivity contribution in [2.75, 3.05) is 38.2 Å². The fourth-order valence-corrected chi connectivity index (χ4v) is 11.6. The summed E-state index contributed by atoms with van der Waals surface area (Å²) in [6.45, 7) is 11.7. The Labute approximate surface area is 651 Å². The van der Waals surface area contributed by atoms with Gasteiger partial charge in [0.05, 0.1) is 32.1 Å². The number of aliphatic imine (C=N–C) groups is 1. The van der Waals surface area contributed by atoms with Crippen LogP contribution in [0.1, 0.15) is 131 Å². The van der Waals surface area contributed by atoms with Crippen LogP contribution in [-0.4, -0.2) is 242 Å². The number of rotatable bonds is 47. The summed E-state index contributed by atoms with van der Waals surface area (Å²) in [6, 6.07) is -7.95. The third-order valence-corrected chi connectivity index (χ3v) is 17.5. The van der Waals surface area contributed by atoms with Gasteiger partial charge in [-0.25, -0.2) is 4.98 Å². The predicted molar refractivity (Wildman–Crippen MR) is 409 cm³/mol. The highest BCUT2D eigenvalue weighted by molar-refractivity contribution is 7.98. The molecule has 1 fully saturated rings. The van der Waals surface area contributed by atoms with E-state index in [0.717, 1.165) is 13.8 Å². The van der Waals surface area contributed by atoms with Crippen LogP contribution < -0.4 is 97.4 Å². The molecule has 1 aromatic carbocycles. The van der Waals surface area contributed by atoms with Crippen molar-refractivity contribution < 1.29 is 91.7 Å². The molecular formula is C70H110N22O19S. The van der Waals surface area contributed by atoms with Crippen molar-refractivity contribution in [3.8, 4) is 0 Å². The number of carboxylic acids is 1. The molecule has 0 spiro atoms. The van der Waals surface area contributed by atoms with Gasteiger partial charge >= 0.3 is 0 Å². The van der Waals surface area contributed by atoms with Crippen molar-refractivity contribution in [1.29, 1.82) is 0 Å². The normalized spacial score (nSPS) is 15.3. The van der Waals surface area contributed by atoms with Crippen LogP contribution in [0.25, 0.3) is 10.9 Å². The molecule has 3 heterocycles. The number of guanidine groups is 1. The number of H-pyrrole nitrogens is 2. The zero-order valence-corrected chi connectivity index (χ0v) is 65.3. The standard InChI is InChI=1S/C68H106N22O17S.C2H4O2/c1-33(2)23-46(86-61(101)43(15-12-21-74-68(71)72)82-52(94)29-76-59(99)44-17-19-51(93)81-44)60(100)77-31-54(96)89-56(37(8)91)67(107)85-45(16-18-50(69)92)62(102)88-48(25-38-27-75-41-14-11-10-13-40(38)41)63(103)80-36(7)58(98)90-55(35(5)6)66(106)78-30-53(95)83-49(26-39-28-73-32-79-39)65(105)87-47(24-34(3)4)64(104)84-42(57(70)97)20-22-108-9;1-2(3)4/h10-11,13-14,27-28,32-37,42-49,55-56,75,91H,12,15-26,29-31H2,1-9H3,(H2,69,92)(H2,70,97)(H,73,79)(H,76,99)(H,77,100)(H,78,106)(H,80,103)(H,81,93)(H,82,94)(H,83,95)(H,84,104)(H,85,107)(H,86,101)(H,87,105)(H,88,102)(H,89,96)(H,90,98)(H4,71,72,74);1H3,(H,3,4)/t36-,37+,42-,43-,44-,45-,46-,47-,48-,49-,55-,56-;/m0./s1. The summed E-state index contributed by atoms with van der Waals surface area (Å²) < 4.78 is 0. The van der Waals surface area contributed by atoms with Crippen LogP contribution in [0.3, 0.4) is 0 Å². The molecule has 0 unspecified atom stereocenters. The number of aromatic amines is 2. The zero-order chi connectivity index (χ0) is 84.1. The monoisotopic (exact) mass is 1590 g/mol. The summed E-state index contributed by atoms with van der Waals surface area (Å²) >= 11 is 1.44. The van der Waals surface area contributed by atoms with Gasteiger partial charge in [0.1, 0.15) is 66.5 Å². The largest absolute Gasteiger partial charge is 0.481 e. The Bertz CT molecular complexity index is 3770. The first kappa shape index (κ1) is 94.7. The Morgan fingerprint density at radius 2 is 1.10 bits per heavy atom. The molecule has 1 aliphatic rings. The van der Waals surface area contributed by atoms with Crippen molar-refractivity contribution in [2.45, 2.75) is 206 Å². The van der Waals surface area contributed by atoms with Crippen LogP contribution in [0.5, 0.6) is 0 Å². The van der Waals surface area contributed by atoms with Crippen molar-refractivity contribution in [3.63, 3.8) is 0 Å². The number of aliphatic hydroxyl groups is 1. The first-order chi connectivity index (χ1) is 52.7. The Kier molecular flexibility index (Phi) is 40.8. The Morgan fingerprint density at radius 1 is 0.580 bits per heavy atom. The lowest BCUT2D eigenvalue weighted by atomic mass is 10.0. The molecule has 42 heteroatoms. The second-order valence-corrected chi connectivity index (χ2v) is 28.9. The molecule has 0 saturated carbocycles. The van der Waals surface area contributed by atoms with Crippen LogP contribution >= 0.6 is 11.8 Å². The van der Waals surface area contributed by atoms with E-state index in [9.17, 15) is 81.8 Å². The van der Waals surface area contributed by atoms with Gasteiger partial charge in [-0.3, -0.25) is 86.5 Å². The van der Waals surface area contributed by atoms with Crippen molar-refractivity contribution in [2.24, 2.45) is 45.7 Å². The molecule has 4 rings (SSSR count). The fourth-order valence-electron chi connectivity index (χ4n) is 11.1. The molecule has 26 N–H and O–H groups in total. The van der Waals surface area contributed by atoms with Crippen LogP contribution in [0.2, 0.25) is 0 Å². The number of fused-ring (bicyclic) bond motifs is 1. The summed E-state index contributed by atoms with van der Waals surface area (Å²) in [5.41, 5.74) is 23.5. The maximum Gasteiger partial charge on any atom is 0.300 e. The summed E-state index contributed by atoms with van der Waals surface area (Å²) in [6.07, 6.45) is 3.91. The number of para-hydroxylation sites is 1. The van der Waals surface area contributed by atoms with Gasteiger partial charge in [-0.1, -0.05) is 59.7 Å². The zero-order valence-electron chi connectivity index (χ0n) is 64.5. The number of carbonyl (C=O) groups is 17. The molecule has 2 aromatic heterocycles. The number of benzene rings is 1. The van der Waals surface area contributed by atoms with Gasteiger partial charge in [-0.15, -0.1) is 0 Å². The minimum Gasteiger partial charge on any atom is -0.481 e. The van der Waals surface area contributed by atoms with Crippen LogP contribution in [0, 0.1) is 17.8 Å². The highest BCUT2D eigenvalue weighted by Crippen LogP contribution is 2.20. The van der Waals surface area contributed by atoms with Gasteiger partial charge in [0.15, 0.2) is 5.96 Å². The number of hydrogen-bond donors (Lipinski definition) is 22. The first-order valence-electron chi connectivity index (χ1n) is 36.3. The van der Waals surface area contributed by atoms with Crippen molar-refractivity contribution in [1.82, 2.24) is 89.4 Å². The highest BCUT2D eigenvalue weighted by atomic mass is 32.2. The smallest absolute Gasteiger partial charge is 0.300 e. The first-order valence-corrected chi connectivity index (χ1v) is 37.7. The molecule has 112 heavy (non-hydrogen) atoms. The van der Waals surface area contributed by atoms with Gasteiger partial charge in [0, 0.05) is 68.1 Å². The quantitative estimate of drug-likeness (QED) is 0.0142. The maximum atomic E-state index is 14.5. The number of imidazole rings is 1. The summed E-state index contributed by atoms with van der Waals surface area (Å²) in [5, 5.41) is 54.1. The number of thioether (sulfide) groups is 1. The van der Waals surface area contributed by atoms with Gasteiger partial charge in [-0.2, -0.15) is 11.8 Å². The van der Waals surface area contributed by atoms with E-state index in [4.69, 9.17) is 32.8 Å². The second kappa shape index (κ2) is 48.2. The lowest BCUT2D eigenvalue weighted by Crippen LogP contribution is -2.61. The third kappa shape index (κ3) is 35.1. The molecule has 0 aliphatic carbocycles. The third-order valence-electron chi connectivity index (χ3n) is 16.9. The molecular weight excluding hydrogens is 1480 g/mol. The number of nitrogens with zero attached hydrogens (tertiary/aromatic N) is 2. The lowest BCUT2D eigenvalue weighted by Gasteiger charge is -2.27. The summed E-state index contributed by atoms with van der Waals surface area (Å²) in [5.74, 6) is -15.0. The van der Waals surface area contributed by atoms with E-state index in [1.807, 2.05) is 20.1 Å². The Hall–Kier alpha value is -11.5. The molecule has 41 nitrogen and oxygen atoms in total. The number of aliphatic carboxylic acids is 1. The molecule has 0 bridgehead atoms. The summed E-state index contributed by atoms with van der Waals surface area (Å²) in [7, 11) is 0. The van der Waals surface area contributed by atoms with Gasteiger partial charge < -0.3 is 118 Å². The van der Waals surface area contributed by atoms with Crippen LogP contribution in [-0.2, 0) is 94.3 Å². The van der Waals surface area contributed by atoms with Gasteiger partial charge in [0.2, 0.25) is 94.5 Å². The van der Waals surface area contributed by atoms with E-state index in [0.29, 0.717) is 27.9 Å². The molecule has 0 radical (unpaired) electrons. The van der Waals surface area contributed by atoms with Gasteiger partial charge in [0.25, 0.3) is 5.97 Å². The summed E-state index contributed by atoms with van der Waals surface area (Å²) in [4.78, 5) is 238. The Morgan fingerprint density at radius 3 is 1.64 bits per heavy atom. The van der Waals surface area contributed by atoms with E-state index < -0.39 is 206 Å². The topological polar surface area (TPSA) is 660 Å². The predicted octanol–water partition coefficient (Wildman–Crippen LogP) is -6.05. The van der Waals surface area contributed by atoms with Crippen LogP contribution in [0.4, 0.5) is 0 Å². The number of nitrogens with one attached hydrogen (secondary N) is 16. The van der Waals surface area contributed by atoms with Crippen molar-refractivity contribution >= 4 is 129 Å². The van der Waals surface area contributed by atoms with Crippen molar-refractivity contribution in [3.05, 3.63) is 54.2 Å².